The zero-order valence-corrected chi connectivity index (χ0v) is 9.37. The van der Waals surface area contributed by atoms with E-state index in [4.69, 9.17) is 0 Å². The molecule has 0 radical (unpaired) electrons. The van der Waals surface area contributed by atoms with Crippen LogP contribution in [0.5, 0.6) is 0 Å². The molecule has 1 spiro atoms. The number of nitrogens with zero attached hydrogens (tertiary/aromatic N) is 2. The van der Waals surface area contributed by atoms with Gasteiger partial charge in [-0.2, -0.15) is 5.10 Å². The van der Waals surface area contributed by atoms with Gasteiger partial charge in [-0.1, -0.05) is 12.8 Å². The van der Waals surface area contributed by atoms with Crippen molar-refractivity contribution in [1.29, 1.82) is 0 Å². The fraction of sp³-hybridized carbons (Fsp3) is 0.750. The first-order valence-electron chi connectivity index (χ1n) is 6.10. The maximum Gasteiger partial charge on any atom is 0.0537 e. The first-order valence-corrected chi connectivity index (χ1v) is 6.10. The fourth-order valence-corrected chi connectivity index (χ4v) is 3.21. The molecule has 1 N–H and O–H groups in total. The molecule has 0 unspecified atom stereocenters. The van der Waals surface area contributed by atoms with Crippen molar-refractivity contribution in [2.75, 3.05) is 6.54 Å². The maximum absolute atomic E-state index is 4.37. The van der Waals surface area contributed by atoms with Crippen LogP contribution in [0.1, 0.15) is 44.2 Å². The molecule has 2 aliphatic rings. The Morgan fingerprint density at radius 2 is 2.33 bits per heavy atom. The molecular formula is C12H19N3. The number of nitrogens with one attached hydrogen (secondary N) is 1. The average molecular weight is 205 g/mol. The van der Waals surface area contributed by atoms with Gasteiger partial charge < -0.3 is 5.32 Å². The predicted octanol–water partition coefficient (Wildman–Crippen LogP) is 2.11. The van der Waals surface area contributed by atoms with Crippen LogP contribution in [0.25, 0.3) is 0 Å². The Bertz CT molecular complexity index is 350. The SMILES string of the molecule is CCn1cc([C@H]2NCC23CCCC3)cn1. The minimum absolute atomic E-state index is 0.584. The Morgan fingerprint density at radius 3 is 2.87 bits per heavy atom. The zero-order valence-electron chi connectivity index (χ0n) is 9.37. The Labute approximate surface area is 90.9 Å². The summed E-state index contributed by atoms with van der Waals surface area (Å²) in [5.74, 6) is 0. The number of rotatable bonds is 2. The molecule has 15 heavy (non-hydrogen) atoms. The van der Waals surface area contributed by atoms with Crippen LogP contribution in [0.3, 0.4) is 0 Å². The van der Waals surface area contributed by atoms with E-state index in [2.05, 4.69) is 23.5 Å². The minimum Gasteiger partial charge on any atom is -0.309 e. The topological polar surface area (TPSA) is 29.9 Å². The van der Waals surface area contributed by atoms with Crippen molar-refractivity contribution in [2.45, 2.75) is 45.2 Å². The molecule has 3 rings (SSSR count). The summed E-state index contributed by atoms with van der Waals surface area (Å²) in [6, 6.07) is 0.584. The molecule has 1 aliphatic heterocycles. The summed E-state index contributed by atoms with van der Waals surface area (Å²) < 4.78 is 2.03. The molecule has 1 aliphatic carbocycles. The van der Waals surface area contributed by atoms with Gasteiger partial charge in [0.2, 0.25) is 0 Å². The second-order valence-corrected chi connectivity index (χ2v) is 5.01. The Kier molecular flexibility index (Phi) is 2.09. The third kappa shape index (κ3) is 1.33. The summed E-state index contributed by atoms with van der Waals surface area (Å²) >= 11 is 0. The van der Waals surface area contributed by atoms with Crippen LogP contribution in [0, 0.1) is 5.41 Å². The number of hydrogen-bond acceptors (Lipinski definition) is 2. The highest BCUT2D eigenvalue weighted by atomic mass is 15.3. The van der Waals surface area contributed by atoms with Gasteiger partial charge in [0, 0.05) is 36.3 Å². The van der Waals surface area contributed by atoms with Crippen molar-refractivity contribution in [3.63, 3.8) is 0 Å². The molecular weight excluding hydrogens is 186 g/mol. The average Bonchev–Trinajstić information content (AvgIpc) is 2.85. The molecule has 0 amide bonds. The largest absolute Gasteiger partial charge is 0.309 e. The van der Waals surface area contributed by atoms with Crippen LogP contribution in [0.2, 0.25) is 0 Å². The molecule has 3 nitrogen and oxygen atoms in total. The fourth-order valence-electron chi connectivity index (χ4n) is 3.21. The third-order valence-corrected chi connectivity index (χ3v) is 4.18. The molecule has 0 aromatic carbocycles. The minimum atomic E-state index is 0.584. The molecule has 82 valence electrons. The lowest BCUT2D eigenvalue weighted by Gasteiger charge is -2.48. The van der Waals surface area contributed by atoms with E-state index < -0.39 is 0 Å². The summed E-state index contributed by atoms with van der Waals surface area (Å²) in [5.41, 5.74) is 1.98. The van der Waals surface area contributed by atoms with Gasteiger partial charge in [0.1, 0.15) is 0 Å². The molecule has 2 heterocycles. The first kappa shape index (κ1) is 9.40. The maximum atomic E-state index is 4.37. The summed E-state index contributed by atoms with van der Waals surface area (Å²) in [7, 11) is 0. The number of aryl methyl sites for hydroxylation is 1. The van der Waals surface area contributed by atoms with Gasteiger partial charge in [-0.3, -0.25) is 4.68 Å². The van der Waals surface area contributed by atoms with Gasteiger partial charge in [0.15, 0.2) is 0 Å². The summed E-state index contributed by atoms with van der Waals surface area (Å²) in [6.45, 7) is 4.32. The van der Waals surface area contributed by atoms with Gasteiger partial charge in [0.05, 0.1) is 6.20 Å². The monoisotopic (exact) mass is 205 g/mol. The lowest BCUT2D eigenvalue weighted by atomic mass is 9.70. The third-order valence-electron chi connectivity index (χ3n) is 4.18. The second kappa shape index (κ2) is 3.34. The van der Waals surface area contributed by atoms with Crippen molar-refractivity contribution in [1.82, 2.24) is 15.1 Å². The smallest absolute Gasteiger partial charge is 0.0537 e. The Hall–Kier alpha value is -0.830. The molecule has 1 aromatic rings. The summed E-state index contributed by atoms with van der Waals surface area (Å²) in [4.78, 5) is 0. The normalized spacial score (nSPS) is 28.2. The van der Waals surface area contributed by atoms with Crippen LogP contribution in [0.4, 0.5) is 0 Å². The van der Waals surface area contributed by atoms with Crippen LogP contribution >= 0.6 is 0 Å². The van der Waals surface area contributed by atoms with Crippen molar-refractivity contribution >= 4 is 0 Å². The molecule has 1 saturated carbocycles. The van der Waals surface area contributed by atoms with Gasteiger partial charge in [0.25, 0.3) is 0 Å². The highest BCUT2D eigenvalue weighted by Gasteiger charge is 2.48. The van der Waals surface area contributed by atoms with E-state index in [-0.39, 0.29) is 0 Å². The molecule has 3 heteroatoms. The highest BCUT2D eigenvalue weighted by molar-refractivity contribution is 5.21. The van der Waals surface area contributed by atoms with Gasteiger partial charge >= 0.3 is 0 Å². The molecule has 1 aromatic heterocycles. The van der Waals surface area contributed by atoms with Gasteiger partial charge in [-0.25, -0.2) is 0 Å². The van der Waals surface area contributed by atoms with Crippen LogP contribution in [-0.2, 0) is 6.54 Å². The van der Waals surface area contributed by atoms with Crippen molar-refractivity contribution in [3.05, 3.63) is 18.0 Å². The van der Waals surface area contributed by atoms with E-state index in [0.29, 0.717) is 11.5 Å². The van der Waals surface area contributed by atoms with E-state index in [1.165, 1.54) is 37.8 Å². The zero-order chi connectivity index (χ0) is 10.3. The number of hydrogen-bond donors (Lipinski definition) is 1. The van der Waals surface area contributed by atoms with Gasteiger partial charge in [-0.15, -0.1) is 0 Å². The standard InChI is InChI=1S/C12H19N3/c1-2-15-8-10(7-14-15)11-12(9-13-11)5-3-4-6-12/h7-8,11,13H,2-6,9H2,1H3/t11-/m1/s1. The van der Waals surface area contributed by atoms with E-state index in [1.54, 1.807) is 0 Å². The number of aromatic nitrogens is 2. The summed E-state index contributed by atoms with van der Waals surface area (Å²) in [6.07, 6.45) is 9.89. The van der Waals surface area contributed by atoms with Gasteiger partial charge in [-0.05, 0) is 19.8 Å². The lowest BCUT2D eigenvalue weighted by molar-refractivity contribution is 0.0894. The van der Waals surface area contributed by atoms with Crippen LogP contribution in [-0.4, -0.2) is 16.3 Å². The molecule has 1 saturated heterocycles. The summed E-state index contributed by atoms with van der Waals surface area (Å²) in [5, 5.41) is 7.95. The Balaban J connectivity index is 1.82. The van der Waals surface area contributed by atoms with Crippen LogP contribution in [0.15, 0.2) is 12.4 Å². The second-order valence-electron chi connectivity index (χ2n) is 5.01. The highest BCUT2D eigenvalue weighted by Crippen LogP contribution is 2.52. The van der Waals surface area contributed by atoms with Crippen LogP contribution < -0.4 is 5.32 Å². The van der Waals surface area contributed by atoms with Crippen molar-refractivity contribution in [2.24, 2.45) is 5.41 Å². The van der Waals surface area contributed by atoms with E-state index in [0.717, 1.165) is 6.54 Å². The predicted molar refractivity (Wildman–Crippen MR) is 59.5 cm³/mol. The first-order chi connectivity index (χ1) is 7.34. The quantitative estimate of drug-likeness (QED) is 0.801. The molecule has 0 bridgehead atoms. The molecule has 1 atom stereocenters. The lowest BCUT2D eigenvalue weighted by Crippen LogP contribution is -2.54. The Morgan fingerprint density at radius 1 is 1.53 bits per heavy atom. The van der Waals surface area contributed by atoms with E-state index >= 15 is 0 Å². The molecule has 2 fully saturated rings. The van der Waals surface area contributed by atoms with E-state index in [9.17, 15) is 0 Å². The van der Waals surface area contributed by atoms with Crippen molar-refractivity contribution in [3.8, 4) is 0 Å². The van der Waals surface area contributed by atoms with Crippen molar-refractivity contribution < 1.29 is 0 Å². The van der Waals surface area contributed by atoms with E-state index in [1.807, 2.05) is 10.9 Å².